The highest BCUT2D eigenvalue weighted by atomic mass is 32.1. The van der Waals surface area contributed by atoms with Crippen LogP contribution in [0.3, 0.4) is 0 Å². The van der Waals surface area contributed by atoms with E-state index < -0.39 is 0 Å². The van der Waals surface area contributed by atoms with Crippen LogP contribution in [0.2, 0.25) is 0 Å². The molecule has 1 fully saturated rings. The SMILES string of the molecule is COc1ccccc1N1C(=S)NC(c2ccccn2)C1c1cccn1C(C)C. The van der Waals surface area contributed by atoms with E-state index in [-0.39, 0.29) is 12.1 Å². The second-order valence-corrected chi connectivity index (χ2v) is 7.49. The second kappa shape index (κ2) is 7.64. The monoisotopic (exact) mass is 392 g/mol. The van der Waals surface area contributed by atoms with Crippen molar-refractivity contribution < 1.29 is 4.74 Å². The van der Waals surface area contributed by atoms with Gasteiger partial charge in [0.05, 0.1) is 24.5 Å². The zero-order chi connectivity index (χ0) is 19.7. The zero-order valence-corrected chi connectivity index (χ0v) is 17.1. The molecule has 6 heteroatoms. The van der Waals surface area contributed by atoms with E-state index in [1.165, 1.54) is 5.69 Å². The number of hydrogen-bond acceptors (Lipinski definition) is 3. The molecule has 1 N–H and O–H groups in total. The van der Waals surface area contributed by atoms with Crippen LogP contribution in [-0.2, 0) is 0 Å². The molecule has 144 valence electrons. The van der Waals surface area contributed by atoms with Crippen molar-refractivity contribution in [2.45, 2.75) is 32.0 Å². The number of aromatic nitrogens is 2. The average Bonchev–Trinajstić information content (AvgIpc) is 3.33. The van der Waals surface area contributed by atoms with Gasteiger partial charge in [0.1, 0.15) is 11.8 Å². The Morgan fingerprint density at radius 1 is 1.07 bits per heavy atom. The van der Waals surface area contributed by atoms with Gasteiger partial charge in [0.15, 0.2) is 5.11 Å². The molecule has 2 unspecified atom stereocenters. The Morgan fingerprint density at radius 3 is 2.57 bits per heavy atom. The highest BCUT2D eigenvalue weighted by Crippen LogP contribution is 2.44. The van der Waals surface area contributed by atoms with Crippen molar-refractivity contribution in [1.29, 1.82) is 0 Å². The van der Waals surface area contributed by atoms with Crippen molar-refractivity contribution >= 4 is 23.0 Å². The predicted octanol–water partition coefficient (Wildman–Crippen LogP) is 4.65. The molecular weight excluding hydrogens is 368 g/mol. The van der Waals surface area contributed by atoms with Crippen molar-refractivity contribution in [3.05, 3.63) is 78.4 Å². The number of para-hydroxylation sites is 2. The first-order chi connectivity index (χ1) is 13.6. The van der Waals surface area contributed by atoms with Crippen LogP contribution in [0.25, 0.3) is 0 Å². The number of nitrogens with zero attached hydrogens (tertiary/aromatic N) is 3. The van der Waals surface area contributed by atoms with Gasteiger partial charge < -0.3 is 19.5 Å². The molecular formula is C22H24N4OS. The van der Waals surface area contributed by atoms with Gasteiger partial charge in [-0.2, -0.15) is 0 Å². The van der Waals surface area contributed by atoms with Gasteiger partial charge in [-0.05, 0) is 62.5 Å². The van der Waals surface area contributed by atoms with Crippen molar-refractivity contribution in [1.82, 2.24) is 14.9 Å². The molecule has 0 radical (unpaired) electrons. The molecule has 0 amide bonds. The number of ether oxygens (including phenoxy) is 1. The smallest absolute Gasteiger partial charge is 0.174 e. The normalized spacial score (nSPS) is 19.1. The molecule has 0 spiro atoms. The van der Waals surface area contributed by atoms with Crippen molar-refractivity contribution in [3.8, 4) is 5.75 Å². The largest absolute Gasteiger partial charge is 0.495 e. The van der Waals surface area contributed by atoms with Gasteiger partial charge in [0.25, 0.3) is 0 Å². The number of rotatable bonds is 5. The van der Waals surface area contributed by atoms with Crippen LogP contribution < -0.4 is 15.0 Å². The van der Waals surface area contributed by atoms with Gasteiger partial charge in [-0.25, -0.2) is 0 Å². The van der Waals surface area contributed by atoms with E-state index in [1.54, 1.807) is 7.11 Å². The number of methoxy groups -OCH3 is 1. The number of anilines is 1. The van der Waals surface area contributed by atoms with E-state index in [4.69, 9.17) is 17.0 Å². The summed E-state index contributed by atoms with van der Waals surface area (Å²) in [6.07, 6.45) is 3.95. The summed E-state index contributed by atoms with van der Waals surface area (Å²) >= 11 is 5.79. The number of hydrogen-bond donors (Lipinski definition) is 1. The Hall–Kier alpha value is -2.86. The molecule has 1 aliphatic heterocycles. The lowest BCUT2D eigenvalue weighted by atomic mass is 10.0. The Morgan fingerprint density at radius 2 is 1.86 bits per heavy atom. The molecule has 28 heavy (non-hydrogen) atoms. The van der Waals surface area contributed by atoms with Crippen molar-refractivity contribution in [2.75, 3.05) is 12.0 Å². The van der Waals surface area contributed by atoms with E-state index in [2.05, 4.69) is 51.9 Å². The molecule has 3 heterocycles. The fourth-order valence-electron chi connectivity index (χ4n) is 3.87. The molecule has 0 saturated carbocycles. The Kier molecular flexibility index (Phi) is 5.05. The third kappa shape index (κ3) is 3.14. The fraction of sp³-hybridized carbons (Fsp3) is 0.273. The van der Waals surface area contributed by atoms with E-state index in [0.717, 1.165) is 17.1 Å². The van der Waals surface area contributed by atoms with Crippen LogP contribution in [0, 0.1) is 0 Å². The fourth-order valence-corrected chi connectivity index (χ4v) is 4.21. The molecule has 4 rings (SSSR count). The molecule has 0 aliphatic carbocycles. The minimum absolute atomic E-state index is 0.0453. The Balaban J connectivity index is 1.89. The van der Waals surface area contributed by atoms with Crippen molar-refractivity contribution in [3.63, 3.8) is 0 Å². The van der Waals surface area contributed by atoms with Crippen LogP contribution in [0.5, 0.6) is 5.75 Å². The maximum Gasteiger partial charge on any atom is 0.174 e. The highest BCUT2D eigenvalue weighted by Gasteiger charge is 2.43. The van der Waals surface area contributed by atoms with E-state index >= 15 is 0 Å². The van der Waals surface area contributed by atoms with Crippen molar-refractivity contribution in [2.24, 2.45) is 0 Å². The third-order valence-electron chi connectivity index (χ3n) is 5.11. The molecule has 2 aromatic heterocycles. The van der Waals surface area contributed by atoms with Gasteiger partial charge in [-0.1, -0.05) is 18.2 Å². The number of thiocarbonyl (C=S) groups is 1. The lowest BCUT2D eigenvalue weighted by Gasteiger charge is -2.30. The molecule has 1 aliphatic rings. The molecule has 1 aromatic carbocycles. The molecule has 0 bridgehead atoms. The summed E-state index contributed by atoms with van der Waals surface area (Å²) in [5, 5.41) is 4.17. The summed E-state index contributed by atoms with van der Waals surface area (Å²) in [6, 6.07) is 18.5. The average molecular weight is 393 g/mol. The minimum Gasteiger partial charge on any atom is -0.495 e. The van der Waals surface area contributed by atoms with Gasteiger partial charge in [0, 0.05) is 24.1 Å². The van der Waals surface area contributed by atoms with Gasteiger partial charge in [0.2, 0.25) is 0 Å². The number of benzene rings is 1. The van der Waals surface area contributed by atoms with Gasteiger partial charge >= 0.3 is 0 Å². The van der Waals surface area contributed by atoms with Crippen LogP contribution in [0.15, 0.2) is 67.0 Å². The Bertz CT molecular complexity index is 969. The topological polar surface area (TPSA) is 42.3 Å². The van der Waals surface area contributed by atoms with Crippen LogP contribution >= 0.6 is 12.2 Å². The number of pyridine rings is 1. The summed E-state index contributed by atoms with van der Waals surface area (Å²) in [7, 11) is 1.69. The van der Waals surface area contributed by atoms with E-state index in [9.17, 15) is 0 Å². The molecule has 3 aromatic rings. The van der Waals surface area contributed by atoms with E-state index in [1.807, 2.05) is 48.7 Å². The molecule has 5 nitrogen and oxygen atoms in total. The first-order valence-electron chi connectivity index (χ1n) is 9.42. The quantitative estimate of drug-likeness (QED) is 0.640. The van der Waals surface area contributed by atoms with E-state index in [0.29, 0.717) is 11.2 Å². The molecule has 2 atom stereocenters. The number of nitrogens with one attached hydrogen (secondary N) is 1. The second-order valence-electron chi connectivity index (χ2n) is 7.10. The zero-order valence-electron chi connectivity index (χ0n) is 16.2. The van der Waals surface area contributed by atoms with Gasteiger partial charge in [-0.15, -0.1) is 0 Å². The minimum atomic E-state index is -0.0639. The Labute approximate surface area is 171 Å². The van der Waals surface area contributed by atoms with Crippen LogP contribution in [0.1, 0.15) is 43.4 Å². The first-order valence-corrected chi connectivity index (χ1v) is 9.83. The summed E-state index contributed by atoms with van der Waals surface area (Å²) in [6.45, 7) is 4.38. The van der Waals surface area contributed by atoms with Crippen LogP contribution in [0.4, 0.5) is 5.69 Å². The third-order valence-corrected chi connectivity index (χ3v) is 5.43. The summed E-state index contributed by atoms with van der Waals surface area (Å²) < 4.78 is 7.93. The summed E-state index contributed by atoms with van der Waals surface area (Å²) in [5.41, 5.74) is 3.09. The lowest BCUT2D eigenvalue weighted by molar-refractivity contribution is 0.413. The van der Waals surface area contributed by atoms with Gasteiger partial charge in [-0.3, -0.25) is 4.98 Å². The maximum atomic E-state index is 5.79. The highest BCUT2D eigenvalue weighted by molar-refractivity contribution is 7.80. The predicted molar refractivity (Wildman–Crippen MR) is 116 cm³/mol. The maximum absolute atomic E-state index is 5.79. The molecule has 1 saturated heterocycles. The summed E-state index contributed by atoms with van der Waals surface area (Å²) in [5.74, 6) is 0.793. The standard InChI is InChI=1S/C22H24N4OS/c1-15(2)25-14-8-11-18(25)21-20(16-9-6-7-13-23-16)24-22(28)26(21)17-10-4-5-12-19(17)27-3/h4-15,20-21H,1-3H3,(H,24,28). The first kappa shape index (κ1) is 18.5. The summed E-state index contributed by atoms with van der Waals surface area (Å²) in [4.78, 5) is 6.77. The van der Waals surface area contributed by atoms with Crippen LogP contribution in [-0.4, -0.2) is 21.8 Å². The lowest BCUT2D eigenvalue weighted by Crippen LogP contribution is -2.31.